The summed E-state index contributed by atoms with van der Waals surface area (Å²) in [5, 5.41) is 3.17. The van der Waals surface area contributed by atoms with Gasteiger partial charge in [-0.1, -0.05) is 24.3 Å². The van der Waals surface area contributed by atoms with E-state index in [1.807, 2.05) is 25.1 Å². The Kier molecular flexibility index (Phi) is 6.31. The van der Waals surface area contributed by atoms with Gasteiger partial charge in [0.2, 0.25) is 0 Å². The van der Waals surface area contributed by atoms with Crippen molar-refractivity contribution in [1.82, 2.24) is 9.97 Å². The lowest BCUT2D eigenvalue weighted by atomic mass is 10.0. The number of imidazole rings is 1. The summed E-state index contributed by atoms with van der Waals surface area (Å²) in [5.41, 5.74) is 5.81. The molecule has 178 valence electrons. The van der Waals surface area contributed by atoms with Crippen LogP contribution in [0.2, 0.25) is 0 Å². The Balaban J connectivity index is 1.37. The summed E-state index contributed by atoms with van der Waals surface area (Å²) in [5.74, 6) is -0.0632. The monoisotopic (exact) mass is 473 g/mol. The largest absolute Gasteiger partial charge is 0.454 e. The minimum Gasteiger partial charge on any atom is -0.454 e. The maximum atomic E-state index is 14.7. The Morgan fingerprint density at radius 1 is 1.09 bits per heavy atom. The number of H-pyrrole nitrogens is 1. The van der Waals surface area contributed by atoms with Crippen molar-refractivity contribution in [2.24, 2.45) is 0 Å². The molecule has 35 heavy (non-hydrogen) atoms. The number of hydrogen-bond acceptors (Lipinski definition) is 4. The van der Waals surface area contributed by atoms with E-state index in [0.717, 1.165) is 52.9 Å². The van der Waals surface area contributed by atoms with Gasteiger partial charge < -0.3 is 19.8 Å². The zero-order valence-corrected chi connectivity index (χ0v) is 19.3. The van der Waals surface area contributed by atoms with Crippen molar-refractivity contribution >= 4 is 12.0 Å². The number of nitrogens with one attached hydrogen (secondary N) is 2. The third-order valence-electron chi connectivity index (χ3n) is 6.27. The molecule has 0 saturated heterocycles. The highest BCUT2D eigenvalue weighted by molar-refractivity contribution is 5.64. The number of rotatable bonds is 8. The lowest BCUT2D eigenvalue weighted by Gasteiger charge is -2.14. The summed E-state index contributed by atoms with van der Waals surface area (Å²) in [4.78, 5) is 18.2. The van der Waals surface area contributed by atoms with Crippen molar-refractivity contribution < 1.29 is 18.3 Å². The summed E-state index contributed by atoms with van der Waals surface area (Å²) in [6.07, 6.45) is 5.18. The molecule has 3 aromatic carbocycles. The Labute approximate surface area is 202 Å². The highest BCUT2D eigenvalue weighted by Crippen LogP contribution is 2.38. The predicted molar refractivity (Wildman–Crippen MR) is 131 cm³/mol. The predicted octanol–water partition coefficient (Wildman–Crippen LogP) is 6.15. The zero-order chi connectivity index (χ0) is 24.4. The van der Waals surface area contributed by atoms with Crippen LogP contribution in [-0.4, -0.2) is 22.8 Å². The van der Waals surface area contributed by atoms with Crippen molar-refractivity contribution in [3.63, 3.8) is 0 Å². The van der Waals surface area contributed by atoms with Crippen LogP contribution in [0.1, 0.15) is 34.4 Å². The van der Waals surface area contributed by atoms with Gasteiger partial charge >= 0.3 is 0 Å². The SMILES string of the molecule is Cc1c2c(cc(F)c1Oc1ccc(F)c(-c3ncc(Cc4cccc(CCC=O)c4)[nH]3)c1)NCC2. The Morgan fingerprint density at radius 2 is 1.94 bits per heavy atom. The van der Waals surface area contributed by atoms with Crippen LogP contribution in [0.3, 0.4) is 0 Å². The fourth-order valence-electron chi connectivity index (χ4n) is 4.52. The number of fused-ring (bicyclic) bond motifs is 1. The fourth-order valence-corrected chi connectivity index (χ4v) is 4.52. The number of benzene rings is 3. The van der Waals surface area contributed by atoms with Gasteiger partial charge in [0.1, 0.15) is 23.7 Å². The second-order valence-electron chi connectivity index (χ2n) is 8.72. The molecule has 1 aliphatic heterocycles. The van der Waals surface area contributed by atoms with E-state index in [9.17, 15) is 13.6 Å². The lowest BCUT2D eigenvalue weighted by Crippen LogP contribution is -1.97. The first-order valence-electron chi connectivity index (χ1n) is 11.6. The van der Waals surface area contributed by atoms with E-state index >= 15 is 0 Å². The van der Waals surface area contributed by atoms with Gasteiger partial charge in [-0.2, -0.15) is 0 Å². The molecule has 0 radical (unpaired) electrons. The maximum Gasteiger partial charge on any atom is 0.168 e. The first kappa shape index (κ1) is 22.8. The van der Waals surface area contributed by atoms with E-state index in [-0.39, 0.29) is 11.3 Å². The van der Waals surface area contributed by atoms with Crippen molar-refractivity contribution in [2.75, 3.05) is 11.9 Å². The van der Waals surface area contributed by atoms with E-state index in [1.54, 1.807) is 6.20 Å². The molecule has 5 rings (SSSR count). The molecule has 0 atom stereocenters. The molecule has 0 unspecified atom stereocenters. The molecule has 2 N–H and O–H groups in total. The Bertz CT molecular complexity index is 1400. The highest BCUT2D eigenvalue weighted by Gasteiger charge is 2.21. The summed E-state index contributed by atoms with van der Waals surface area (Å²) in [6.45, 7) is 2.60. The summed E-state index contributed by atoms with van der Waals surface area (Å²) in [7, 11) is 0. The maximum absolute atomic E-state index is 14.7. The molecule has 1 aromatic heterocycles. The number of anilines is 1. The number of aldehydes is 1. The molecular weight excluding hydrogens is 448 g/mol. The van der Waals surface area contributed by atoms with Crippen LogP contribution in [0.25, 0.3) is 11.4 Å². The van der Waals surface area contributed by atoms with Gasteiger partial charge in [-0.05, 0) is 54.7 Å². The molecule has 0 bridgehead atoms. The van der Waals surface area contributed by atoms with Crippen molar-refractivity contribution in [3.05, 3.63) is 94.3 Å². The molecule has 0 aliphatic carbocycles. The van der Waals surface area contributed by atoms with Gasteiger partial charge in [0, 0.05) is 48.6 Å². The summed E-state index contributed by atoms with van der Waals surface area (Å²) in [6, 6.07) is 13.8. The lowest BCUT2D eigenvalue weighted by molar-refractivity contribution is -0.107. The first-order valence-corrected chi connectivity index (χ1v) is 11.6. The summed E-state index contributed by atoms with van der Waals surface area (Å²) < 4.78 is 35.3. The number of hydrogen-bond donors (Lipinski definition) is 2. The molecular formula is C28H25F2N3O2. The number of nitrogens with zero attached hydrogens (tertiary/aromatic N) is 1. The third kappa shape index (κ3) is 4.80. The number of carbonyl (C=O) groups is 1. The van der Waals surface area contributed by atoms with Crippen molar-refractivity contribution in [3.8, 4) is 22.9 Å². The van der Waals surface area contributed by atoms with Crippen LogP contribution in [0.5, 0.6) is 11.5 Å². The average Bonchev–Trinajstić information content (AvgIpc) is 3.51. The molecule has 0 spiro atoms. The van der Waals surface area contributed by atoms with Gasteiger partial charge in [0.15, 0.2) is 11.6 Å². The first-order chi connectivity index (χ1) is 17.0. The van der Waals surface area contributed by atoms with Gasteiger partial charge in [-0.25, -0.2) is 13.8 Å². The number of ether oxygens (including phenoxy) is 1. The van der Waals surface area contributed by atoms with Crippen molar-refractivity contribution in [1.29, 1.82) is 0 Å². The molecule has 7 heteroatoms. The number of aromatic nitrogens is 2. The fraction of sp³-hybridized carbons (Fsp3) is 0.214. The minimum absolute atomic E-state index is 0.152. The van der Waals surface area contributed by atoms with Gasteiger partial charge in [-0.3, -0.25) is 0 Å². The molecule has 4 aromatic rings. The zero-order valence-electron chi connectivity index (χ0n) is 19.3. The number of carbonyl (C=O) groups excluding carboxylic acids is 1. The van der Waals surface area contributed by atoms with Crippen molar-refractivity contribution in [2.45, 2.75) is 32.6 Å². The van der Waals surface area contributed by atoms with Gasteiger partial charge in [-0.15, -0.1) is 0 Å². The summed E-state index contributed by atoms with van der Waals surface area (Å²) >= 11 is 0. The average molecular weight is 474 g/mol. The number of aryl methyl sites for hydroxylation is 1. The molecule has 5 nitrogen and oxygen atoms in total. The van der Waals surface area contributed by atoms with E-state index in [1.165, 1.54) is 24.3 Å². The number of aromatic amines is 1. The van der Waals surface area contributed by atoms with E-state index < -0.39 is 11.6 Å². The Morgan fingerprint density at radius 3 is 2.80 bits per heavy atom. The van der Waals surface area contributed by atoms with Crippen LogP contribution >= 0.6 is 0 Å². The molecule has 0 saturated carbocycles. The Hall–Kier alpha value is -4.00. The third-order valence-corrected chi connectivity index (χ3v) is 6.27. The van der Waals surface area contributed by atoms with E-state index in [2.05, 4.69) is 21.4 Å². The smallest absolute Gasteiger partial charge is 0.168 e. The van der Waals surface area contributed by atoms with Crippen LogP contribution in [0.4, 0.5) is 14.5 Å². The molecule has 0 amide bonds. The van der Waals surface area contributed by atoms with Gasteiger partial charge in [0.25, 0.3) is 0 Å². The standard InChI is InChI=1S/C28H25F2N3O2/c1-17-22-9-10-31-26(22)15-25(30)27(17)35-21-7-8-24(29)23(14-21)28-32-16-20(33-28)13-19-5-2-4-18(12-19)6-3-11-34/h2,4-5,7-8,11-12,14-16,31H,3,6,9-10,13H2,1H3,(H,32,33). The second kappa shape index (κ2) is 9.70. The molecule has 1 aliphatic rings. The minimum atomic E-state index is -0.461. The van der Waals surface area contributed by atoms with Crippen LogP contribution in [-0.2, 0) is 24.1 Å². The van der Waals surface area contributed by atoms with Crippen LogP contribution in [0, 0.1) is 18.6 Å². The van der Waals surface area contributed by atoms with Gasteiger partial charge in [0.05, 0.1) is 5.56 Å². The van der Waals surface area contributed by atoms with Crippen LogP contribution in [0.15, 0.2) is 54.7 Å². The van der Waals surface area contributed by atoms with Crippen LogP contribution < -0.4 is 10.1 Å². The topological polar surface area (TPSA) is 67.0 Å². The van der Waals surface area contributed by atoms with E-state index in [4.69, 9.17) is 4.74 Å². The molecule has 0 fully saturated rings. The highest BCUT2D eigenvalue weighted by atomic mass is 19.1. The normalized spacial score (nSPS) is 12.3. The quantitative estimate of drug-likeness (QED) is 0.302. The van der Waals surface area contributed by atoms with E-state index in [0.29, 0.717) is 30.8 Å². The molecule has 2 heterocycles. The number of halogens is 2. The second-order valence-corrected chi connectivity index (χ2v) is 8.72.